The van der Waals surface area contributed by atoms with Crippen LogP contribution in [0.3, 0.4) is 0 Å². The second-order valence-corrected chi connectivity index (χ2v) is 14.2. The molecule has 0 bridgehead atoms. The first-order valence-corrected chi connectivity index (χ1v) is 16.7. The minimum atomic E-state index is -4.17. The second kappa shape index (κ2) is 13.6. The van der Waals surface area contributed by atoms with E-state index in [0.29, 0.717) is 39.6 Å². The van der Waals surface area contributed by atoms with E-state index in [9.17, 15) is 17.6 Å². The van der Waals surface area contributed by atoms with Crippen LogP contribution in [-0.2, 0) is 22.0 Å². The van der Waals surface area contributed by atoms with Gasteiger partial charge in [0.05, 0.1) is 11.4 Å². The maximum atomic E-state index is 14.8. The fourth-order valence-corrected chi connectivity index (χ4v) is 5.65. The van der Waals surface area contributed by atoms with Crippen LogP contribution in [0, 0.1) is 5.82 Å². The molecule has 5 aromatic rings. The van der Waals surface area contributed by atoms with E-state index in [1.54, 1.807) is 24.3 Å². The highest BCUT2D eigenvalue weighted by Gasteiger charge is 2.22. The summed E-state index contributed by atoms with van der Waals surface area (Å²) in [5, 5.41) is 7.51. The third kappa shape index (κ3) is 8.48. The number of benzene rings is 4. The molecule has 0 fully saturated rings. The van der Waals surface area contributed by atoms with E-state index < -0.39 is 27.6 Å². The molecule has 2 N–H and O–H groups in total. The Bertz CT molecular complexity index is 1930. The van der Waals surface area contributed by atoms with Crippen molar-refractivity contribution in [1.29, 1.82) is 0 Å². The van der Waals surface area contributed by atoms with Gasteiger partial charge in [0.25, 0.3) is 16.0 Å². The van der Waals surface area contributed by atoms with Gasteiger partial charge in [-0.25, -0.2) is 4.39 Å². The summed E-state index contributed by atoms with van der Waals surface area (Å²) >= 11 is 6.04. The van der Waals surface area contributed by atoms with Crippen LogP contribution in [0.1, 0.15) is 59.4 Å². The minimum absolute atomic E-state index is 0.0218. The van der Waals surface area contributed by atoms with Gasteiger partial charge in [0.2, 0.25) is 0 Å². The third-order valence-corrected chi connectivity index (χ3v) is 8.70. The molecule has 5 rings (SSSR count). The van der Waals surface area contributed by atoms with Crippen molar-refractivity contribution in [2.75, 3.05) is 12.3 Å². The molecule has 238 valence electrons. The molecule has 0 aliphatic heterocycles. The molecular weight excluding hydrogens is 627 g/mol. The molecule has 1 amide bonds. The molecule has 0 spiro atoms. The van der Waals surface area contributed by atoms with Crippen molar-refractivity contribution in [3.8, 4) is 22.5 Å². The minimum Gasteiger partial charge on any atom is -0.356 e. The van der Waals surface area contributed by atoms with Crippen LogP contribution in [0.15, 0.2) is 102 Å². The number of halogens is 2. The van der Waals surface area contributed by atoms with Crippen molar-refractivity contribution in [2.45, 2.75) is 38.5 Å². The molecule has 0 saturated carbocycles. The molecule has 0 saturated heterocycles. The van der Waals surface area contributed by atoms with Gasteiger partial charge in [-0.05, 0) is 82.1 Å². The van der Waals surface area contributed by atoms with Crippen LogP contribution >= 0.6 is 11.6 Å². The molecule has 1 atom stereocenters. The van der Waals surface area contributed by atoms with Crippen molar-refractivity contribution < 1.29 is 26.7 Å². The van der Waals surface area contributed by atoms with Gasteiger partial charge in [-0.3, -0.25) is 9.35 Å². The Morgan fingerprint density at radius 1 is 0.913 bits per heavy atom. The van der Waals surface area contributed by atoms with Gasteiger partial charge >= 0.3 is 0 Å². The van der Waals surface area contributed by atoms with E-state index in [-0.39, 0.29) is 17.9 Å². The van der Waals surface area contributed by atoms with E-state index in [1.807, 2.05) is 36.4 Å². The molecule has 4 aromatic carbocycles. The number of nitrogens with one attached hydrogen (secondary N) is 1. The summed E-state index contributed by atoms with van der Waals surface area (Å²) in [4.78, 5) is 12.5. The van der Waals surface area contributed by atoms with Crippen LogP contribution in [0.5, 0.6) is 0 Å². The Morgan fingerprint density at radius 2 is 1.57 bits per heavy atom. The van der Waals surface area contributed by atoms with E-state index in [2.05, 4.69) is 55.5 Å². The van der Waals surface area contributed by atoms with Crippen molar-refractivity contribution in [3.05, 3.63) is 136 Å². The van der Waals surface area contributed by atoms with Gasteiger partial charge in [-0.15, -0.1) is 0 Å². The molecule has 0 aliphatic rings. The van der Waals surface area contributed by atoms with Gasteiger partial charge in [-0.2, -0.15) is 8.42 Å². The largest absolute Gasteiger partial charge is 0.356 e. The molecule has 1 aromatic heterocycles. The average Bonchev–Trinajstić information content (AvgIpc) is 3.49. The van der Waals surface area contributed by atoms with Crippen molar-refractivity contribution in [2.24, 2.45) is 0 Å². The van der Waals surface area contributed by atoms with E-state index in [1.165, 1.54) is 17.7 Å². The zero-order valence-electron chi connectivity index (χ0n) is 25.6. The molecule has 1 heterocycles. The lowest BCUT2D eigenvalue weighted by molar-refractivity contribution is 0.0956. The van der Waals surface area contributed by atoms with E-state index >= 15 is 0 Å². The molecule has 0 radical (unpaired) electrons. The lowest BCUT2D eigenvalue weighted by Gasteiger charge is -2.21. The Morgan fingerprint density at radius 3 is 2.20 bits per heavy atom. The maximum Gasteiger partial charge on any atom is 0.266 e. The fourth-order valence-electron chi connectivity index (χ4n) is 5.16. The highest BCUT2D eigenvalue weighted by Crippen LogP contribution is 2.34. The number of carbonyl (C=O) groups excluding carboxylic acids is 1. The molecular formula is C36H34ClFN2O5S. The standard InChI is InChI=1S/C36H34ClFN2O5S/c1-36(2,3)29-12-8-25(9-13-29)32(18-23-4-6-26(7-5-23)35(41)39-16-17-46(42,43)44)33-22-34(45-40-33)28-19-27(20-31(38)21-28)24-10-14-30(37)15-11-24/h4-15,19-22,32H,16-18H2,1-3H3,(H,39,41)(H,42,43,44). The molecule has 0 aliphatic carbocycles. The van der Waals surface area contributed by atoms with Crippen LogP contribution in [-0.4, -0.2) is 36.3 Å². The monoisotopic (exact) mass is 660 g/mol. The van der Waals surface area contributed by atoms with Gasteiger partial charge in [0.1, 0.15) is 5.82 Å². The SMILES string of the molecule is CC(C)(C)c1ccc(C(Cc2ccc(C(=O)NCCS(=O)(=O)O)cc2)c2cc(-c3cc(F)cc(-c4ccc(Cl)cc4)c3)on2)cc1. The molecule has 1 unspecified atom stereocenters. The fraction of sp³-hybridized carbons (Fsp3) is 0.222. The Kier molecular flexibility index (Phi) is 9.76. The predicted molar refractivity (Wildman–Crippen MR) is 178 cm³/mol. The first kappa shape index (κ1) is 33.1. The lowest BCUT2D eigenvalue weighted by Crippen LogP contribution is -2.28. The molecule has 7 nitrogen and oxygen atoms in total. The number of amides is 1. The van der Waals surface area contributed by atoms with Crippen LogP contribution in [0.25, 0.3) is 22.5 Å². The summed E-state index contributed by atoms with van der Waals surface area (Å²) in [6.07, 6.45) is 0.532. The first-order valence-electron chi connectivity index (χ1n) is 14.7. The van der Waals surface area contributed by atoms with E-state index in [0.717, 1.165) is 16.7 Å². The lowest BCUT2D eigenvalue weighted by atomic mass is 9.83. The normalized spacial score (nSPS) is 12.6. The van der Waals surface area contributed by atoms with Gasteiger partial charge < -0.3 is 9.84 Å². The maximum absolute atomic E-state index is 14.8. The summed E-state index contributed by atoms with van der Waals surface area (Å²) < 4.78 is 51.4. The summed E-state index contributed by atoms with van der Waals surface area (Å²) in [6.45, 7) is 6.26. The number of rotatable bonds is 10. The summed E-state index contributed by atoms with van der Waals surface area (Å²) in [5.74, 6) is -1.21. The van der Waals surface area contributed by atoms with Crippen molar-refractivity contribution >= 4 is 27.6 Å². The zero-order chi connectivity index (χ0) is 33.1. The van der Waals surface area contributed by atoms with Gasteiger partial charge in [0.15, 0.2) is 5.76 Å². The number of hydrogen-bond acceptors (Lipinski definition) is 5. The molecule has 10 heteroatoms. The zero-order valence-corrected chi connectivity index (χ0v) is 27.2. The van der Waals surface area contributed by atoms with Crippen LogP contribution in [0.2, 0.25) is 5.02 Å². The summed E-state index contributed by atoms with van der Waals surface area (Å²) in [7, 11) is -4.17. The van der Waals surface area contributed by atoms with Crippen LogP contribution in [0.4, 0.5) is 4.39 Å². The van der Waals surface area contributed by atoms with Gasteiger partial charge in [0, 0.05) is 34.7 Å². The highest BCUT2D eigenvalue weighted by atomic mass is 35.5. The number of hydrogen-bond donors (Lipinski definition) is 2. The van der Waals surface area contributed by atoms with E-state index in [4.69, 9.17) is 20.7 Å². The highest BCUT2D eigenvalue weighted by molar-refractivity contribution is 7.85. The molecule has 46 heavy (non-hydrogen) atoms. The Hall–Kier alpha value is -4.31. The number of carbonyl (C=O) groups is 1. The van der Waals surface area contributed by atoms with Crippen LogP contribution < -0.4 is 5.32 Å². The third-order valence-electron chi connectivity index (χ3n) is 7.73. The number of aromatic nitrogens is 1. The number of nitrogens with zero attached hydrogens (tertiary/aromatic N) is 1. The predicted octanol–water partition coefficient (Wildman–Crippen LogP) is 8.09. The second-order valence-electron chi connectivity index (χ2n) is 12.2. The van der Waals surface area contributed by atoms with Gasteiger partial charge in [-0.1, -0.05) is 86.1 Å². The van der Waals surface area contributed by atoms with Crippen molar-refractivity contribution in [3.63, 3.8) is 0 Å². The Balaban J connectivity index is 1.43. The Labute approximate surface area is 273 Å². The first-order chi connectivity index (χ1) is 21.7. The topological polar surface area (TPSA) is 110 Å². The quantitative estimate of drug-likeness (QED) is 0.147. The summed E-state index contributed by atoms with van der Waals surface area (Å²) in [5.41, 5.74) is 6.19. The van der Waals surface area contributed by atoms with Crippen molar-refractivity contribution in [1.82, 2.24) is 10.5 Å². The average molecular weight is 661 g/mol. The smallest absolute Gasteiger partial charge is 0.266 e. The summed E-state index contributed by atoms with van der Waals surface area (Å²) in [6, 6.07) is 29.1.